The summed E-state index contributed by atoms with van der Waals surface area (Å²) in [6.45, 7) is 4.81. The quantitative estimate of drug-likeness (QED) is 0.631. The second-order valence-electron chi connectivity index (χ2n) is 7.77. The van der Waals surface area contributed by atoms with Gasteiger partial charge in [-0.2, -0.15) is 4.98 Å². The second kappa shape index (κ2) is 8.64. The van der Waals surface area contributed by atoms with Crippen molar-refractivity contribution in [1.82, 2.24) is 14.5 Å². The van der Waals surface area contributed by atoms with Gasteiger partial charge in [0.1, 0.15) is 0 Å². The maximum atomic E-state index is 12.4. The third-order valence-electron chi connectivity index (χ3n) is 5.62. The van der Waals surface area contributed by atoms with Crippen LogP contribution in [0.4, 0.5) is 11.6 Å². The zero-order valence-electron chi connectivity index (χ0n) is 17.3. The van der Waals surface area contributed by atoms with E-state index >= 15 is 0 Å². The van der Waals surface area contributed by atoms with Gasteiger partial charge in [-0.05, 0) is 37.3 Å². The predicted octanol–water partition coefficient (Wildman–Crippen LogP) is 4.23. The van der Waals surface area contributed by atoms with E-state index in [0.717, 1.165) is 48.9 Å². The van der Waals surface area contributed by atoms with Crippen molar-refractivity contribution in [1.29, 1.82) is 0 Å². The number of hydrogen-bond donors (Lipinski definition) is 0. The van der Waals surface area contributed by atoms with Gasteiger partial charge in [0.2, 0.25) is 11.9 Å². The highest BCUT2D eigenvalue weighted by Crippen LogP contribution is 2.28. The Kier molecular flexibility index (Phi) is 5.79. The highest BCUT2D eigenvalue weighted by molar-refractivity contribution is 5.94. The topological polar surface area (TPSA) is 54.3 Å². The summed E-state index contributed by atoms with van der Waals surface area (Å²) < 4.78 is 2.25. The van der Waals surface area contributed by atoms with E-state index in [4.69, 9.17) is 4.98 Å². The molecular formula is C23H29N5O. The molecule has 0 atom stereocenters. The van der Waals surface area contributed by atoms with Gasteiger partial charge in [0.25, 0.3) is 0 Å². The lowest BCUT2D eigenvalue weighted by Gasteiger charge is -2.28. The minimum atomic E-state index is 0.110. The van der Waals surface area contributed by atoms with Gasteiger partial charge in [0.15, 0.2) is 5.65 Å². The van der Waals surface area contributed by atoms with Crippen LogP contribution in [0.15, 0.2) is 42.6 Å². The van der Waals surface area contributed by atoms with Crippen molar-refractivity contribution in [2.24, 2.45) is 0 Å². The predicted molar refractivity (Wildman–Crippen MR) is 117 cm³/mol. The molecule has 6 heteroatoms. The number of piperidine rings is 1. The Hall–Kier alpha value is -2.89. The number of nitrogens with zero attached hydrogens (tertiary/aromatic N) is 5. The Morgan fingerprint density at radius 3 is 2.62 bits per heavy atom. The standard InChI is InChI=1S/C23H29N5O/c1-3-10-21(29)26(2)19-15-20-22(24-16-19)25-23(27-13-8-5-9-14-27)28(20)17-18-11-6-4-7-12-18/h4,6-7,11-12,15-16H,3,5,8-10,13-14,17H2,1-2H3. The Morgan fingerprint density at radius 1 is 1.14 bits per heavy atom. The molecule has 0 N–H and O–H groups in total. The molecule has 2 aromatic heterocycles. The van der Waals surface area contributed by atoms with Gasteiger partial charge >= 0.3 is 0 Å². The summed E-state index contributed by atoms with van der Waals surface area (Å²) in [7, 11) is 1.82. The van der Waals surface area contributed by atoms with Crippen LogP contribution >= 0.6 is 0 Å². The monoisotopic (exact) mass is 391 g/mol. The maximum absolute atomic E-state index is 12.4. The molecule has 0 spiro atoms. The first-order valence-electron chi connectivity index (χ1n) is 10.6. The number of carbonyl (C=O) groups is 1. The molecule has 1 aliphatic rings. The number of pyridine rings is 1. The lowest BCUT2D eigenvalue weighted by atomic mass is 10.1. The zero-order valence-corrected chi connectivity index (χ0v) is 17.3. The molecule has 29 heavy (non-hydrogen) atoms. The maximum Gasteiger partial charge on any atom is 0.226 e. The molecule has 0 bridgehead atoms. The fourth-order valence-electron chi connectivity index (χ4n) is 3.95. The molecule has 1 fully saturated rings. The molecule has 0 aliphatic carbocycles. The molecular weight excluding hydrogens is 362 g/mol. The molecule has 1 saturated heterocycles. The van der Waals surface area contributed by atoms with Crippen LogP contribution in [0.25, 0.3) is 11.2 Å². The second-order valence-corrected chi connectivity index (χ2v) is 7.77. The first-order valence-corrected chi connectivity index (χ1v) is 10.6. The summed E-state index contributed by atoms with van der Waals surface area (Å²) >= 11 is 0. The van der Waals surface area contributed by atoms with E-state index in [0.29, 0.717) is 6.42 Å². The number of imidazole rings is 1. The summed E-state index contributed by atoms with van der Waals surface area (Å²) in [4.78, 5) is 26.0. The number of anilines is 2. The Balaban J connectivity index is 1.77. The Bertz CT molecular complexity index is 976. The average Bonchev–Trinajstić information content (AvgIpc) is 3.12. The molecule has 4 rings (SSSR count). The third-order valence-corrected chi connectivity index (χ3v) is 5.62. The van der Waals surface area contributed by atoms with Gasteiger partial charge in [0, 0.05) is 26.6 Å². The van der Waals surface area contributed by atoms with Crippen LogP contribution in [-0.2, 0) is 11.3 Å². The van der Waals surface area contributed by atoms with E-state index in [1.807, 2.05) is 20.0 Å². The summed E-state index contributed by atoms with van der Waals surface area (Å²) in [6, 6.07) is 12.5. The van der Waals surface area contributed by atoms with E-state index in [9.17, 15) is 4.79 Å². The molecule has 6 nitrogen and oxygen atoms in total. The van der Waals surface area contributed by atoms with E-state index in [1.165, 1.54) is 24.8 Å². The van der Waals surface area contributed by atoms with Crippen molar-refractivity contribution >= 4 is 28.7 Å². The fraction of sp³-hybridized carbons (Fsp3) is 0.435. The largest absolute Gasteiger partial charge is 0.342 e. The molecule has 1 amide bonds. The third kappa shape index (κ3) is 4.11. The number of benzene rings is 1. The number of amides is 1. The minimum Gasteiger partial charge on any atom is -0.342 e. The van der Waals surface area contributed by atoms with Crippen molar-refractivity contribution in [3.63, 3.8) is 0 Å². The van der Waals surface area contributed by atoms with Crippen LogP contribution in [0.1, 0.15) is 44.6 Å². The van der Waals surface area contributed by atoms with Crippen molar-refractivity contribution in [2.75, 3.05) is 29.9 Å². The fourth-order valence-corrected chi connectivity index (χ4v) is 3.95. The average molecular weight is 392 g/mol. The number of hydrogen-bond acceptors (Lipinski definition) is 4. The van der Waals surface area contributed by atoms with Crippen molar-refractivity contribution in [2.45, 2.75) is 45.6 Å². The summed E-state index contributed by atoms with van der Waals surface area (Å²) in [5.41, 5.74) is 3.76. The lowest BCUT2D eigenvalue weighted by molar-refractivity contribution is -0.118. The zero-order chi connectivity index (χ0) is 20.2. The van der Waals surface area contributed by atoms with Gasteiger partial charge in [-0.15, -0.1) is 0 Å². The van der Waals surface area contributed by atoms with Crippen LogP contribution < -0.4 is 9.80 Å². The molecule has 152 valence electrons. The summed E-state index contributed by atoms with van der Waals surface area (Å²) in [5.74, 6) is 1.09. The highest BCUT2D eigenvalue weighted by Gasteiger charge is 2.21. The number of aromatic nitrogens is 3. The number of rotatable bonds is 6. The van der Waals surface area contributed by atoms with E-state index < -0.39 is 0 Å². The first-order chi connectivity index (χ1) is 14.2. The van der Waals surface area contributed by atoms with Gasteiger partial charge in [-0.1, -0.05) is 37.3 Å². The van der Waals surface area contributed by atoms with Crippen LogP contribution in [0.5, 0.6) is 0 Å². The van der Waals surface area contributed by atoms with E-state index in [1.54, 1.807) is 11.1 Å². The van der Waals surface area contributed by atoms with Crippen LogP contribution in [-0.4, -0.2) is 40.6 Å². The molecule has 3 aromatic rings. The van der Waals surface area contributed by atoms with Crippen molar-refractivity contribution in [3.05, 3.63) is 48.2 Å². The minimum absolute atomic E-state index is 0.110. The molecule has 3 heterocycles. The molecule has 1 aromatic carbocycles. The Labute approximate surface area is 172 Å². The normalized spacial score (nSPS) is 14.3. The number of carbonyl (C=O) groups excluding carboxylic acids is 1. The lowest BCUT2D eigenvalue weighted by Crippen LogP contribution is -2.32. The van der Waals surface area contributed by atoms with Gasteiger partial charge < -0.3 is 14.4 Å². The summed E-state index contributed by atoms with van der Waals surface area (Å²) in [6.07, 6.45) is 6.81. The SMILES string of the molecule is CCCC(=O)N(C)c1cnc2nc(N3CCCCC3)n(Cc3ccccc3)c2c1. The van der Waals surface area contributed by atoms with Crippen LogP contribution in [0, 0.1) is 0 Å². The van der Waals surface area contributed by atoms with Crippen molar-refractivity contribution in [3.8, 4) is 0 Å². The van der Waals surface area contributed by atoms with E-state index in [-0.39, 0.29) is 5.91 Å². The van der Waals surface area contributed by atoms with Crippen molar-refractivity contribution < 1.29 is 4.79 Å². The number of fused-ring (bicyclic) bond motifs is 1. The summed E-state index contributed by atoms with van der Waals surface area (Å²) in [5, 5.41) is 0. The first kappa shape index (κ1) is 19.4. The Morgan fingerprint density at radius 2 is 1.90 bits per heavy atom. The highest BCUT2D eigenvalue weighted by atomic mass is 16.2. The molecule has 0 radical (unpaired) electrons. The van der Waals surface area contributed by atoms with Gasteiger partial charge in [-0.3, -0.25) is 4.79 Å². The van der Waals surface area contributed by atoms with Crippen LogP contribution in [0.2, 0.25) is 0 Å². The molecule has 1 aliphatic heterocycles. The van der Waals surface area contributed by atoms with E-state index in [2.05, 4.69) is 44.8 Å². The van der Waals surface area contributed by atoms with Crippen LogP contribution in [0.3, 0.4) is 0 Å². The molecule has 0 unspecified atom stereocenters. The molecule has 0 saturated carbocycles. The smallest absolute Gasteiger partial charge is 0.226 e. The van der Waals surface area contributed by atoms with Gasteiger partial charge in [-0.25, -0.2) is 4.98 Å². The van der Waals surface area contributed by atoms with Gasteiger partial charge in [0.05, 0.1) is 23.9 Å².